The molecular weight excluding hydrogens is 481 g/mol. The van der Waals surface area contributed by atoms with E-state index in [-0.39, 0.29) is 5.70 Å². The van der Waals surface area contributed by atoms with E-state index in [2.05, 4.69) is 27.9 Å². The van der Waals surface area contributed by atoms with Crippen LogP contribution < -0.4 is 10.1 Å². The molecule has 2 N–H and O–H groups in total. The summed E-state index contributed by atoms with van der Waals surface area (Å²) in [7, 11) is 0. The summed E-state index contributed by atoms with van der Waals surface area (Å²) in [4.78, 5) is 23.9. The van der Waals surface area contributed by atoms with Crippen molar-refractivity contribution >= 4 is 40.5 Å². The molecule has 146 valence electrons. The number of aliphatic carboxylic acids is 1. The van der Waals surface area contributed by atoms with Crippen LogP contribution in [-0.4, -0.2) is 17.0 Å². The molecule has 3 rings (SSSR count). The molecule has 0 saturated carbocycles. The Morgan fingerprint density at radius 3 is 2.38 bits per heavy atom. The lowest BCUT2D eigenvalue weighted by molar-refractivity contribution is -0.132. The number of carboxylic acids is 1. The highest BCUT2D eigenvalue weighted by molar-refractivity contribution is 14.1. The van der Waals surface area contributed by atoms with E-state index >= 15 is 0 Å². The third kappa shape index (κ3) is 5.68. The van der Waals surface area contributed by atoms with Crippen LogP contribution in [0, 0.1) is 10.5 Å². The van der Waals surface area contributed by atoms with Crippen molar-refractivity contribution in [2.45, 2.75) is 6.92 Å². The summed E-state index contributed by atoms with van der Waals surface area (Å²) in [5, 5.41) is 11.9. The lowest BCUT2D eigenvalue weighted by Gasteiger charge is -2.09. The Bertz CT molecular complexity index is 1070. The van der Waals surface area contributed by atoms with Gasteiger partial charge in [-0.2, -0.15) is 0 Å². The molecule has 0 bridgehead atoms. The minimum absolute atomic E-state index is 0.206. The van der Waals surface area contributed by atoms with E-state index in [9.17, 15) is 14.7 Å². The maximum Gasteiger partial charge on any atom is 0.352 e. The third-order valence-electron chi connectivity index (χ3n) is 4.01. The summed E-state index contributed by atoms with van der Waals surface area (Å²) >= 11 is 2.19. The monoisotopic (exact) mass is 499 g/mol. The first-order valence-corrected chi connectivity index (χ1v) is 9.86. The number of benzene rings is 3. The number of carbonyl (C=O) groups excluding carboxylic acids is 1. The van der Waals surface area contributed by atoms with E-state index in [1.165, 1.54) is 6.08 Å². The average Bonchev–Trinajstić information content (AvgIpc) is 2.70. The highest BCUT2D eigenvalue weighted by Crippen LogP contribution is 2.26. The second kappa shape index (κ2) is 9.38. The lowest BCUT2D eigenvalue weighted by Crippen LogP contribution is -2.27. The molecule has 0 aromatic heterocycles. The number of rotatable bonds is 6. The number of carboxylic acid groups (broad SMARTS) is 1. The quantitative estimate of drug-likeness (QED) is 0.359. The van der Waals surface area contributed by atoms with Crippen molar-refractivity contribution in [2.24, 2.45) is 0 Å². The van der Waals surface area contributed by atoms with Gasteiger partial charge in [0.25, 0.3) is 5.91 Å². The van der Waals surface area contributed by atoms with Gasteiger partial charge >= 0.3 is 5.97 Å². The zero-order chi connectivity index (χ0) is 20.8. The zero-order valence-electron chi connectivity index (χ0n) is 15.6. The minimum Gasteiger partial charge on any atom is -0.477 e. The number of carbonyl (C=O) groups is 2. The summed E-state index contributed by atoms with van der Waals surface area (Å²) in [5.41, 5.74) is 1.74. The topological polar surface area (TPSA) is 75.6 Å². The van der Waals surface area contributed by atoms with Crippen molar-refractivity contribution in [3.8, 4) is 11.5 Å². The molecule has 3 aromatic rings. The van der Waals surface area contributed by atoms with Crippen LogP contribution >= 0.6 is 22.6 Å². The van der Waals surface area contributed by atoms with Gasteiger partial charge in [0.1, 0.15) is 17.2 Å². The summed E-state index contributed by atoms with van der Waals surface area (Å²) < 4.78 is 6.82. The Kier molecular flexibility index (Phi) is 6.66. The predicted octanol–water partition coefficient (Wildman–Crippen LogP) is 5.25. The van der Waals surface area contributed by atoms with Crippen molar-refractivity contribution in [3.05, 3.63) is 98.8 Å². The van der Waals surface area contributed by atoms with Crippen LogP contribution in [0.15, 0.2) is 78.5 Å². The molecule has 6 heteroatoms. The van der Waals surface area contributed by atoms with Gasteiger partial charge in [0, 0.05) is 5.56 Å². The fourth-order valence-corrected chi connectivity index (χ4v) is 3.08. The number of nitrogens with one attached hydrogen (secondary N) is 1. The standard InChI is InChI=1S/C23H18INO4/c1-15-5-4-6-17(13-15)22(26)25-20(23(27)28)14-16-9-11-18(12-10-16)29-21-8-3-2-7-19(21)24/h2-14H,1H3,(H,25,26)(H,27,28). The molecule has 0 aliphatic heterocycles. The molecule has 29 heavy (non-hydrogen) atoms. The first-order chi connectivity index (χ1) is 13.9. The van der Waals surface area contributed by atoms with E-state index < -0.39 is 11.9 Å². The van der Waals surface area contributed by atoms with Crippen molar-refractivity contribution in [3.63, 3.8) is 0 Å². The van der Waals surface area contributed by atoms with Crippen molar-refractivity contribution < 1.29 is 19.4 Å². The minimum atomic E-state index is -1.22. The highest BCUT2D eigenvalue weighted by Gasteiger charge is 2.13. The van der Waals surface area contributed by atoms with Gasteiger partial charge < -0.3 is 15.2 Å². The number of aryl methyl sites for hydroxylation is 1. The first-order valence-electron chi connectivity index (χ1n) is 8.78. The number of para-hydroxylation sites is 1. The van der Waals surface area contributed by atoms with Crippen LogP contribution in [0.5, 0.6) is 11.5 Å². The normalized spacial score (nSPS) is 11.0. The number of halogens is 1. The SMILES string of the molecule is Cc1cccc(C(=O)NC(=Cc2ccc(Oc3ccccc3I)cc2)C(=O)O)c1. The Labute approximate surface area is 182 Å². The van der Waals surface area contributed by atoms with Gasteiger partial charge in [0.05, 0.1) is 3.57 Å². The van der Waals surface area contributed by atoms with E-state index in [4.69, 9.17) is 4.74 Å². The molecule has 1 amide bonds. The number of hydrogen-bond donors (Lipinski definition) is 2. The van der Waals surface area contributed by atoms with Crippen LogP contribution in [0.2, 0.25) is 0 Å². The van der Waals surface area contributed by atoms with Gasteiger partial charge in [0.2, 0.25) is 0 Å². The molecule has 0 fully saturated rings. The van der Waals surface area contributed by atoms with Crippen LogP contribution in [0.1, 0.15) is 21.5 Å². The van der Waals surface area contributed by atoms with E-state index in [1.807, 2.05) is 37.3 Å². The lowest BCUT2D eigenvalue weighted by atomic mass is 10.1. The molecule has 0 aliphatic rings. The summed E-state index contributed by atoms with van der Waals surface area (Å²) in [5.74, 6) is -0.314. The summed E-state index contributed by atoms with van der Waals surface area (Å²) in [6.45, 7) is 1.87. The Morgan fingerprint density at radius 1 is 1.00 bits per heavy atom. The fraction of sp³-hybridized carbons (Fsp3) is 0.0435. The van der Waals surface area contributed by atoms with E-state index in [0.29, 0.717) is 16.9 Å². The van der Waals surface area contributed by atoms with Gasteiger partial charge in [-0.1, -0.05) is 42.0 Å². The zero-order valence-corrected chi connectivity index (χ0v) is 17.7. The molecular formula is C23H18INO4. The van der Waals surface area contributed by atoms with E-state index in [1.54, 1.807) is 42.5 Å². The number of amides is 1. The smallest absolute Gasteiger partial charge is 0.352 e. The molecule has 3 aromatic carbocycles. The molecule has 0 atom stereocenters. The second-order valence-electron chi connectivity index (χ2n) is 6.29. The first kappa shape index (κ1) is 20.6. The summed E-state index contributed by atoms with van der Waals surface area (Å²) in [6, 6.07) is 21.6. The van der Waals surface area contributed by atoms with Crippen LogP contribution in [-0.2, 0) is 4.79 Å². The van der Waals surface area contributed by atoms with Crippen molar-refractivity contribution in [1.29, 1.82) is 0 Å². The molecule has 0 spiro atoms. The fourth-order valence-electron chi connectivity index (χ4n) is 2.59. The maximum absolute atomic E-state index is 12.4. The highest BCUT2D eigenvalue weighted by atomic mass is 127. The number of ether oxygens (including phenoxy) is 1. The van der Waals surface area contributed by atoms with Crippen LogP contribution in [0.4, 0.5) is 0 Å². The molecule has 0 heterocycles. The van der Waals surface area contributed by atoms with Gasteiger partial charge in [-0.3, -0.25) is 4.79 Å². The molecule has 0 saturated heterocycles. The largest absolute Gasteiger partial charge is 0.477 e. The Hall–Kier alpha value is -3.13. The Balaban J connectivity index is 1.76. The molecule has 0 aliphatic carbocycles. The maximum atomic E-state index is 12.4. The van der Waals surface area contributed by atoms with Crippen molar-refractivity contribution in [2.75, 3.05) is 0 Å². The van der Waals surface area contributed by atoms with Gasteiger partial charge in [-0.15, -0.1) is 0 Å². The molecule has 0 radical (unpaired) electrons. The molecule has 0 unspecified atom stereocenters. The number of hydrogen-bond acceptors (Lipinski definition) is 3. The van der Waals surface area contributed by atoms with Gasteiger partial charge in [-0.25, -0.2) is 4.79 Å². The second-order valence-corrected chi connectivity index (χ2v) is 7.45. The Morgan fingerprint density at radius 2 is 1.72 bits per heavy atom. The van der Waals surface area contributed by atoms with Gasteiger partial charge in [0.15, 0.2) is 0 Å². The predicted molar refractivity (Wildman–Crippen MR) is 120 cm³/mol. The van der Waals surface area contributed by atoms with Gasteiger partial charge in [-0.05, 0) is 77.6 Å². The van der Waals surface area contributed by atoms with Crippen molar-refractivity contribution in [1.82, 2.24) is 5.32 Å². The van der Waals surface area contributed by atoms with Crippen LogP contribution in [0.25, 0.3) is 6.08 Å². The summed E-state index contributed by atoms with van der Waals surface area (Å²) in [6.07, 6.45) is 1.41. The third-order valence-corrected chi connectivity index (χ3v) is 4.91. The van der Waals surface area contributed by atoms with E-state index in [0.717, 1.165) is 14.9 Å². The van der Waals surface area contributed by atoms with Crippen LogP contribution in [0.3, 0.4) is 0 Å². The molecule has 5 nitrogen and oxygen atoms in total. The average molecular weight is 499 g/mol.